The molecular formula is C28H49NO6SSi. The van der Waals surface area contributed by atoms with E-state index in [-0.39, 0.29) is 22.6 Å². The van der Waals surface area contributed by atoms with Crippen molar-refractivity contribution in [3.05, 3.63) is 23.8 Å². The van der Waals surface area contributed by atoms with Gasteiger partial charge in [-0.25, -0.2) is 8.42 Å². The number of carbonyl (C=O) groups is 1. The third-order valence-electron chi connectivity index (χ3n) is 7.17. The lowest BCUT2D eigenvalue weighted by Gasteiger charge is -2.36. The molecule has 1 aromatic rings. The molecule has 9 heteroatoms. The molecule has 0 aliphatic carbocycles. The van der Waals surface area contributed by atoms with Gasteiger partial charge in [-0.1, -0.05) is 26.8 Å². The largest absolute Gasteiger partial charge is 0.489 e. The van der Waals surface area contributed by atoms with Crippen LogP contribution >= 0.6 is 0 Å². The van der Waals surface area contributed by atoms with Crippen molar-refractivity contribution >= 4 is 24.3 Å². The number of nitrogens with zero attached hydrogens (tertiary/aromatic N) is 1. The van der Waals surface area contributed by atoms with E-state index in [2.05, 4.69) is 33.9 Å². The van der Waals surface area contributed by atoms with Gasteiger partial charge in [-0.15, -0.1) is 0 Å². The number of aryl methyl sites for hydroxylation is 1. The van der Waals surface area contributed by atoms with Crippen LogP contribution < -0.4 is 4.74 Å². The summed E-state index contributed by atoms with van der Waals surface area (Å²) in [5.41, 5.74) is 0.229. The average Bonchev–Trinajstić information content (AvgIpc) is 3.22. The van der Waals surface area contributed by atoms with E-state index in [0.717, 1.165) is 31.4 Å². The maximum atomic E-state index is 13.7. The van der Waals surface area contributed by atoms with Gasteiger partial charge in [0, 0.05) is 13.2 Å². The monoisotopic (exact) mass is 555 g/mol. The summed E-state index contributed by atoms with van der Waals surface area (Å²) in [6.45, 7) is 21.5. The zero-order valence-electron chi connectivity index (χ0n) is 24.6. The third kappa shape index (κ3) is 8.80. The highest BCUT2D eigenvalue weighted by atomic mass is 32.2. The van der Waals surface area contributed by atoms with E-state index in [0.29, 0.717) is 18.6 Å². The molecule has 0 N–H and O–H groups in total. The second-order valence-electron chi connectivity index (χ2n) is 12.8. The molecule has 1 aromatic carbocycles. The Kier molecular flexibility index (Phi) is 10.5. The summed E-state index contributed by atoms with van der Waals surface area (Å²) in [5, 5.41) is 0.189. The minimum absolute atomic E-state index is 0.0988. The molecule has 0 bridgehead atoms. The van der Waals surface area contributed by atoms with Crippen molar-refractivity contribution in [3.63, 3.8) is 0 Å². The van der Waals surface area contributed by atoms with Crippen LogP contribution in [0.25, 0.3) is 0 Å². The highest BCUT2D eigenvalue weighted by Gasteiger charge is 2.42. The number of esters is 1. The van der Waals surface area contributed by atoms with Crippen molar-refractivity contribution in [3.8, 4) is 5.75 Å². The molecule has 37 heavy (non-hydrogen) atoms. The van der Waals surface area contributed by atoms with E-state index >= 15 is 0 Å². The fraction of sp³-hybridized carbons (Fsp3) is 0.750. The maximum Gasteiger partial charge on any atom is 0.324 e. The Bertz CT molecular complexity index is 1030. The normalized spacial score (nSPS) is 18.6. The lowest BCUT2D eigenvalue weighted by Crippen LogP contribution is -2.43. The van der Waals surface area contributed by atoms with Crippen molar-refractivity contribution in [1.82, 2.24) is 4.31 Å². The van der Waals surface area contributed by atoms with Gasteiger partial charge in [-0.2, -0.15) is 4.31 Å². The van der Waals surface area contributed by atoms with Crippen molar-refractivity contribution in [2.75, 3.05) is 13.2 Å². The van der Waals surface area contributed by atoms with Crippen LogP contribution in [0.2, 0.25) is 18.1 Å². The van der Waals surface area contributed by atoms with Gasteiger partial charge in [0.1, 0.15) is 22.3 Å². The molecule has 0 spiro atoms. The third-order valence-corrected chi connectivity index (χ3v) is 13.7. The Labute approximate surface area is 226 Å². The first-order valence-electron chi connectivity index (χ1n) is 13.5. The van der Waals surface area contributed by atoms with E-state index in [1.165, 1.54) is 4.31 Å². The topological polar surface area (TPSA) is 82.1 Å². The van der Waals surface area contributed by atoms with E-state index in [1.807, 2.05) is 13.8 Å². The highest BCUT2D eigenvalue weighted by molar-refractivity contribution is 7.89. The number of hydrogen-bond donors (Lipinski definition) is 0. The van der Waals surface area contributed by atoms with Crippen LogP contribution in [0, 0.1) is 6.92 Å². The zero-order chi connectivity index (χ0) is 28.2. The van der Waals surface area contributed by atoms with Gasteiger partial charge >= 0.3 is 5.97 Å². The van der Waals surface area contributed by atoms with Gasteiger partial charge in [-0.3, -0.25) is 4.79 Å². The maximum absolute atomic E-state index is 13.7. The van der Waals surface area contributed by atoms with Crippen LogP contribution in [0.4, 0.5) is 0 Å². The van der Waals surface area contributed by atoms with Crippen LogP contribution in [0.3, 0.4) is 0 Å². The van der Waals surface area contributed by atoms with Crippen molar-refractivity contribution < 1.29 is 27.1 Å². The van der Waals surface area contributed by atoms with Crippen molar-refractivity contribution in [1.29, 1.82) is 0 Å². The zero-order valence-corrected chi connectivity index (χ0v) is 26.5. The van der Waals surface area contributed by atoms with Crippen LogP contribution in [-0.4, -0.2) is 57.9 Å². The molecule has 212 valence electrons. The Balaban J connectivity index is 2.08. The van der Waals surface area contributed by atoms with Gasteiger partial charge in [0.05, 0.1) is 6.10 Å². The average molecular weight is 556 g/mol. The molecule has 0 aromatic heterocycles. The first-order valence-corrected chi connectivity index (χ1v) is 17.9. The molecule has 1 fully saturated rings. The van der Waals surface area contributed by atoms with E-state index in [4.69, 9.17) is 13.9 Å². The minimum atomic E-state index is -3.95. The summed E-state index contributed by atoms with van der Waals surface area (Å²) in [5.74, 6) is -0.170. The molecule has 0 amide bonds. The molecule has 1 aliphatic heterocycles. The van der Waals surface area contributed by atoms with Gasteiger partial charge < -0.3 is 13.9 Å². The molecule has 0 radical (unpaired) electrons. The summed E-state index contributed by atoms with van der Waals surface area (Å²) < 4.78 is 46.7. The van der Waals surface area contributed by atoms with Crippen molar-refractivity contribution in [2.45, 2.75) is 128 Å². The second-order valence-corrected chi connectivity index (χ2v) is 19.5. The summed E-state index contributed by atoms with van der Waals surface area (Å²) >= 11 is 0. The predicted molar refractivity (Wildman–Crippen MR) is 151 cm³/mol. The molecule has 1 aliphatic rings. The van der Waals surface area contributed by atoms with Crippen molar-refractivity contribution in [2.24, 2.45) is 0 Å². The minimum Gasteiger partial charge on any atom is -0.489 e. The Morgan fingerprint density at radius 3 is 2.38 bits per heavy atom. The molecular weight excluding hydrogens is 506 g/mol. The van der Waals surface area contributed by atoms with E-state index in [1.54, 1.807) is 39.0 Å². The number of hydrogen-bond acceptors (Lipinski definition) is 6. The number of ether oxygens (including phenoxy) is 2. The summed E-state index contributed by atoms with van der Waals surface area (Å²) in [6, 6.07) is 4.30. The van der Waals surface area contributed by atoms with E-state index < -0.39 is 36.0 Å². The Morgan fingerprint density at radius 2 is 1.78 bits per heavy atom. The Morgan fingerprint density at radius 1 is 1.14 bits per heavy atom. The standard InChI is InChI=1S/C28H49NO6SSi/c1-21-16-17-25(36(31,32)29-18-13-15-23(29)26(30)35-27(3,4)5)24(20-21)34-22(2)14-11-12-19-33-37(9,10)28(6,7)8/h16-17,20,22-23H,11-15,18-19H2,1-10H3/t22?,23-/m0/s1. The molecule has 1 saturated heterocycles. The molecule has 2 rings (SSSR count). The SMILES string of the molecule is Cc1ccc(S(=O)(=O)N2CCC[C@H]2C(=O)OC(C)(C)C)c(OC(C)CCCCO[Si](C)(C)C(C)(C)C)c1. The summed E-state index contributed by atoms with van der Waals surface area (Å²) in [7, 11) is -5.70. The van der Waals surface area contributed by atoms with Crippen LogP contribution in [0.15, 0.2) is 23.1 Å². The Hall–Kier alpha value is -1.42. The van der Waals surface area contributed by atoms with Gasteiger partial charge in [0.15, 0.2) is 8.32 Å². The first kappa shape index (κ1) is 31.8. The fourth-order valence-corrected chi connectivity index (χ4v) is 6.87. The molecule has 1 unspecified atom stereocenters. The highest BCUT2D eigenvalue weighted by Crippen LogP contribution is 2.37. The number of unbranched alkanes of at least 4 members (excludes halogenated alkanes) is 1. The molecule has 1 heterocycles. The van der Waals surface area contributed by atoms with Gasteiger partial charge in [0.2, 0.25) is 10.0 Å². The molecule has 0 saturated carbocycles. The van der Waals surface area contributed by atoms with Gasteiger partial charge in [0.25, 0.3) is 0 Å². The van der Waals surface area contributed by atoms with Crippen LogP contribution in [0.1, 0.15) is 86.1 Å². The first-order chi connectivity index (χ1) is 16.8. The lowest BCUT2D eigenvalue weighted by atomic mass is 10.2. The second kappa shape index (κ2) is 12.2. The lowest BCUT2D eigenvalue weighted by molar-refractivity contribution is -0.158. The quantitative estimate of drug-likeness (QED) is 0.177. The number of carbonyl (C=O) groups excluding carboxylic acids is 1. The fourth-order valence-electron chi connectivity index (χ4n) is 4.03. The molecule has 2 atom stereocenters. The van der Waals surface area contributed by atoms with Crippen LogP contribution in [0.5, 0.6) is 5.75 Å². The van der Waals surface area contributed by atoms with E-state index in [9.17, 15) is 13.2 Å². The number of sulfonamides is 1. The predicted octanol–water partition coefficient (Wildman–Crippen LogP) is 6.45. The van der Waals surface area contributed by atoms with Gasteiger partial charge in [-0.05, 0) is 103 Å². The number of benzene rings is 1. The number of rotatable bonds is 11. The smallest absolute Gasteiger partial charge is 0.324 e. The van der Waals surface area contributed by atoms with Crippen LogP contribution in [-0.2, 0) is 24.0 Å². The molecule has 7 nitrogen and oxygen atoms in total. The summed E-state index contributed by atoms with van der Waals surface area (Å²) in [4.78, 5) is 12.9. The summed E-state index contributed by atoms with van der Waals surface area (Å²) in [6.07, 6.45) is 3.55.